The summed E-state index contributed by atoms with van der Waals surface area (Å²) in [4.78, 5) is 76.2. The number of nitrogens with zero attached hydrogens (tertiary/aromatic N) is 5. The number of amides is 5. The van der Waals surface area contributed by atoms with Crippen LogP contribution >= 0.6 is 45.9 Å². The minimum absolute atomic E-state index is 0.00767. The van der Waals surface area contributed by atoms with Crippen LogP contribution in [0.15, 0.2) is 131 Å². The van der Waals surface area contributed by atoms with E-state index in [2.05, 4.69) is 60.5 Å². The molecule has 0 aliphatic carbocycles. The predicted octanol–water partition coefficient (Wildman–Crippen LogP) is 9.42. The van der Waals surface area contributed by atoms with E-state index in [4.69, 9.17) is 47.3 Å². The average Bonchev–Trinajstić information content (AvgIpc) is 1.70. The molecule has 4 atom stereocenters. The molecule has 0 bridgehead atoms. The number of morpholine rings is 2. The molecule has 0 saturated carbocycles. The molecule has 10 rings (SSSR count). The van der Waals surface area contributed by atoms with Gasteiger partial charge >= 0.3 is 18.2 Å². The number of aliphatic carboxylic acids is 1. The molecule has 2 aliphatic heterocycles. The van der Waals surface area contributed by atoms with Crippen molar-refractivity contribution in [2.24, 2.45) is 0 Å². The number of carboxylic acid groups (broad SMARTS) is 1. The number of aliphatic hydroxyl groups excluding tert-OH is 2. The third-order valence-electron chi connectivity index (χ3n) is 14.1. The molecular formula is C70H74Cl2N10O15S2. The molecule has 29 heteroatoms. The second-order valence-electron chi connectivity index (χ2n) is 24.0. The van der Waals surface area contributed by atoms with Gasteiger partial charge in [0.15, 0.2) is 6.04 Å². The van der Waals surface area contributed by atoms with Crippen LogP contribution in [-0.2, 0) is 51.2 Å². The Balaban J connectivity index is 0.000000214. The van der Waals surface area contributed by atoms with Crippen LogP contribution in [0.1, 0.15) is 87.0 Å². The van der Waals surface area contributed by atoms with Crippen molar-refractivity contribution in [3.05, 3.63) is 174 Å². The largest absolute Gasteiger partial charge is 0.507 e. The van der Waals surface area contributed by atoms with Crippen LogP contribution in [0.25, 0.3) is 22.5 Å². The zero-order chi connectivity index (χ0) is 71.4. The van der Waals surface area contributed by atoms with Gasteiger partial charge in [0, 0.05) is 69.2 Å². The topological polar surface area (TPSA) is 340 Å². The van der Waals surface area contributed by atoms with Crippen molar-refractivity contribution in [2.45, 2.75) is 90.0 Å². The first-order valence-electron chi connectivity index (χ1n) is 30.9. The van der Waals surface area contributed by atoms with Crippen molar-refractivity contribution in [2.75, 3.05) is 63.4 Å². The van der Waals surface area contributed by atoms with E-state index < -0.39 is 59.3 Å². The van der Waals surface area contributed by atoms with Gasteiger partial charge in [-0.05, 0) is 171 Å². The fourth-order valence-corrected chi connectivity index (χ4v) is 11.3. The minimum atomic E-state index is -1.12. The number of carbonyl (C=O) groups is 6. The van der Waals surface area contributed by atoms with E-state index in [1.165, 1.54) is 44.4 Å². The predicted molar refractivity (Wildman–Crippen MR) is 374 cm³/mol. The molecule has 99 heavy (non-hydrogen) atoms. The van der Waals surface area contributed by atoms with Gasteiger partial charge in [-0.15, -0.1) is 0 Å². The number of aromatic nitrogens is 4. The standard InChI is InChI=1S/C35H36ClN5O7S.C24H23ClN4O4.C11H15NO4S/c1-35(2,3)48-34(46)38-31(24-12-17-49-21-24)33(45)41-14-16-47-20-28(41)32(44)37-26-9-5-22(6-10-26)4-7-23-19-40(13-15-42)39-30(23)27-18-25(36)8-11-29(27)43;25-18-5-8-22(31)20(13-18)23-17(14-29(28-23)10-11-30)4-1-16-2-6-19(7-3-16)27-24(32)21-15-33-12-9-26-21;1-11(2,3)16-10(15)12-8(9(13)14)7-4-5-17-6-7/h5-6,8-12,17-19,21,28,31,42-43H,13-16,20H2,1-3H3,(H,37,44)(H,38,46);2-3,5-8,13-14,21,26,30-31H,9-12,15H2,(H,27,32);4-6,8H,1-3H3,(H,12,15)(H,13,14)/t28-,31+;21-;8-/m001/s1. The number of hydrogen-bond acceptors (Lipinski definition) is 19. The lowest BCUT2D eigenvalue weighted by atomic mass is 10.1. The number of aliphatic hydroxyl groups is 2. The van der Waals surface area contributed by atoms with Gasteiger partial charge in [-0.3, -0.25) is 23.7 Å². The number of benzene rings is 4. The number of alkyl carbamates (subject to hydrolysis) is 2. The highest BCUT2D eigenvalue weighted by molar-refractivity contribution is 7.08. The maximum atomic E-state index is 13.9. The quantitative estimate of drug-likeness (QED) is 0.0402. The van der Waals surface area contributed by atoms with Gasteiger partial charge in [0.2, 0.25) is 11.8 Å². The third-order valence-corrected chi connectivity index (χ3v) is 16.0. The molecule has 2 aliphatic rings. The summed E-state index contributed by atoms with van der Waals surface area (Å²) < 4.78 is 24.4. The number of halogens is 2. The molecule has 520 valence electrons. The molecule has 2 saturated heterocycles. The molecule has 0 radical (unpaired) electrons. The first-order valence-corrected chi connectivity index (χ1v) is 33.5. The van der Waals surface area contributed by atoms with Crippen molar-refractivity contribution >= 4 is 93.1 Å². The molecule has 6 heterocycles. The Kier molecular flexibility index (Phi) is 26.6. The third kappa shape index (κ3) is 22.4. The molecule has 8 aromatic rings. The van der Waals surface area contributed by atoms with E-state index in [-0.39, 0.29) is 63.0 Å². The number of thiophene rings is 2. The lowest BCUT2D eigenvalue weighted by Crippen LogP contribution is -2.57. The Hall–Kier alpha value is -9.78. The number of phenols is 2. The molecule has 4 aromatic heterocycles. The van der Waals surface area contributed by atoms with Crippen LogP contribution in [0.4, 0.5) is 21.0 Å². The molecule has 0 spiro atoms. The average molecular weight is 1430 g/mol. The van der Waals surface area contributed by atoms with Crippen LogP contribution in [0, 0.1) is 23.7 Å². The highest BCUT2D eigenvalue weighted by atomic mass is 35.5. The van der Waals surface area contributed by atoms with E-state index >= 15 is 0 Å². The number of carbonyl (C=O) groups excluding carboxylic acids is 5. The maximum absolute atomic E-state index is 13.9. The van der Waals surface area contributed by atoms with Gasteiger partial charge in [0.25, 0.3) is 5.91 Å². The zero-order valence-electron chi connectivity index (χ0n) is 54.7. The van der Waals surface area contributed by atoms with Crippen LogP contribution in [0.5, 0.6) is 11.5 Å². The molecule has 25 nitrogen and oxygen atoms in total. The van der Waals surface area contributed by atoms with E-state index in [1.807, 2.05) is 12.1 Å². The van der Waals surface area contributed by atoms with Gasteiger partial charge in [0.05, 0.1) is 63.9 Å². The molecule has 4 aromatic carbocycles. The summed E-state index contributed by atoms with van der Waals surface area (Å²) in [5.41, 5.74) is 5.10. The highest BCUT2D eigenvalue weighted by Gasteiger charge is 2.38. The van der Waals surface area contributed by atoms with Gasteiger partial charge < -0.3 is 76.0 Å². The number of phenolic OH excluding ortho intramolecular Hbond substituents is 2. The summed E-state index contributed by atoms with van der Waals surface area (Å²) in [6.07, 6.45) is 1.91. The van der Waals surface area contributed by atoms with Gasteiger partial charge in [0.1, 0.15) is 52.2 Å². The van der Waals surface area contributed by atoms with Crippen molar-refractivity contribution in [1.29, 1.82) is 0 Å². The number of rotatable bonds is 16. The number of anilines is 2. The summed E-state index contributed by atoms with van der Waals surface area (Å²) in [5, 5.41) is 79.0. The first-order chi connectivity index (χ1) is 47.2. The Morgan fingerprint density at radius 3 is 1.54 bits per heavy atom. The van der Waals surface area contributed by atoms with Crippen molar-refractivity contribution < 1.29 is 73.2 Å². The van der Waals surface area contributed by atoms with E-state index in [0.29, 0.717) is 98.1 Å². The molecule has 0 unspecified atom stereocenters. The minimum Gasteiger partial charge on any atom is -0.507 e. The van der Waals surface area contributed by atoms with Crippen LogP contribution in [-0.4, -0.2) is 162 Å². The summed E-state index contributed by atoms with van der Waals surface area (Å²) in [5.74, 6) is 10.2. The SMILES string of the molecule is CC(C)(C)OC(=O)N[C@@H](C(=O)N1CCOC[C@H]1C(=O)Nc1ccc(C#Cc2cn(CCO)nc2-c2cc(Cl)ccc2O)cc1)c1ccsc1.CC(C)(C)OC(=O)N[C@@H](C(=O)O)c1ccsc1.O=C(Nc1ccc(C#Cc2cn(CCO)nc2-c2cc(Cl)ccc2O)cc1)[C@@H]1COCCN1. The van der Waals surface area contributed by atoms with Crippen LogP contribution in [0.3, 0.4) is 0 Å². The number of carboxylic acids is 1. The number of aromatic hydroxyl groups is 2. The van der Waals surface area contributed by atoms with Crippen molar-refractivity contribution in [3.63, 3.8) is 0 Å². The Bertz CT molecular complexity index is 4220. The Morgan fingerprint density at radius 2 is 1.10 bits per heavy atom. The zero-order valence-corrected chi connectivity index (χ0v) is 57.9. The maximum Gasteiger partial charge on any atom is 0.408 e. The van der Waals surface area contributed by atoms with Gasteiger partial charge in [-0.1, -0.05) is 46.9 Å². The number of hydrogen-bond donors (Lipinski definition) is 10. The van der Waals surface area contributed by atoms with Crippen LogP contribution < -0.4 is 26.6 Å². The van der Waals surface area contributed by atoms with Crippen molar-refractivity contribution in [1.82, 2.24) is 40.4 Å². The van der Waals surface area contributed by atoms with Gasteiger partial charge in [-0.25, -0.2) is 14.4 Å². The van der Waals surface area contributed by atoms with Gasteiger partial charge in [-0.2, -0.15) is 32.9 Å². The van der Waals surface area contributed by atoms with Crippen LogP contribution in [0.2, 0.25) is 10.0 Å². The monoisotopic (exact) mass is 1430 g/mol. The fourth-order valence-electron chi connectivity index (χ4n) is 9.55. The summed E-state index contributed by atoms with van der Waals surface area (Å²) in [6, 6.07) is 23.3. The molecule has 2 fully saturated rings. The number of nitrogens with one attached hydrogen (secondary N) is 5. The first kappa shape index (κ1) is 75.0. The summed E-state index contributed by atoms with van der Waals surface area (Å²) >= 11 is 15.0. The summed E-state index contributed by atoms with van der Waals surface area (Å²) in [7, 11) is 0. The van der Waals surface area contributed by atoms with Crippen molar-refractivity contribution in [3.8, 4) is 57.7 Å². The molecular weight excluding hydrogens is 1360 g/mol. The lowest BCUT2D eigenvalue weighted by molar-refractivity contribution is -0.148. The molecule has 10 N–H and O–H groups in total. The second-order valence-corrected chi connectivity index (χ2v) is 26.5. The highest BCUT2D eigenvalue weighted by Crippen LogP contribution is 2.35. The Labute approximate surface area is 589 Å². The second kappa shape index (κ2) is 35.1. The Morgan fingerprint density at radius 1 is 0.636 bits per heavy atom. The fraction of sp³-hybridized carbons (Fsp3) is 0.314. The number of ether oxygens (including phenoxy) is 4. The van der Waals surface area contributed by atoms with E-state index in [0.717, 1.165) is 5.56 Å². The van der Waals surface area contributed by atoms with E-state index in [1.54, 1.807) is 153 Å². The smallest absolute Gasteiger partial charge is 0.408 e. The van der Waals surface area contributed by atoms with E-state index in [9.17, 15) is 49.2 Å². The summed E-state index contributed by atoms with van der Waals surface area (Å²) in [6.45, 7) is 12.7. The molecule has 5 amide bonds. The lowest BCUT2D eigenvalue weighted by Gasteiger charge is -2.36. The normalized spacial score (nSPS) is 14.9.